The fraction of sp³-hybridized carbons (Fsp3) is 0.583. The maximum atomic E-state index is 11.5. The molecule has 1 rings (SSSR count). The number of halogens is 1. The maximum absolute atomic E-state index is 11.5. The van der Waals surface area contributed by atoms with Gasteiger partial charge in [-0.1, -0.05) is 22.0 Å². The molecule has 0 aromatic carbocycles. The molecular weight excluding hydrogens is 284 g/mol. The molecule has 0 fully saturated rings. The average Bonchev–Trinajstić information content (AvgIpc) is 2.28. The van der Waals surface area contributed by atoms with E-state index in [1.165, 1.54) is 0 Å². The number of aromatic nitrogens is 1. The largest absolute Gasteiger partial charge is 0.383 e. The quantitative estimate of drug-likeness (QED) is 0.710. The van der Waals surface area contributed by atoms with Crippen molar-refractivity contribution < 1.29 is 4.74 Å². The van der Waals surface area contributed by atoms with E-state index in [0.717, 1.165) is 13.1 Å². The zero-order chi connectivity index (χ0) is 12.7. The van der Waals surface area contributed by atoms with Crippen LogP contribution in [0.2, 0.25) is 0 Å². The Hall–Kier alpha value is -0.650. The molecule has 0 aliphatic heterocycles. The third-order valence-electron chi connectivity index (χ3n) is 2.48. The van der Waals surface area contributed by atoms with E-state index in [1.807, 2.05) is 19.3 Å². The molecule has 0 radical (unpaired) electrons. The molecule has 96 valence electrons. The van der Waals surface area contributed by atoms with Crippen LogP contribution in [-0.4, -0.2) is 48.1 Å². The van der Waals surface area contributed by atoms with Gasteiger partial charge in [-0.2, -0.15) is 0 Å². The van der Waals surface area contributed by atoms with Crippen LogP contribution < -0.4 is 5.56 Å². The summed E-state index contributed by atoms with van der Waals surface area (Å²) in [5.74, 6) is 0. The standard InChI is InChI=1S/C12H19BrN2O2/c1-14(9-11(13)10-17-2)7-8-15-6-4-3-5-12(15)16/h3-6,11H,7-10H2,1-2H3. The number of hydrogen-bond donors (Lipinski definition) is 0. The highest BCUT2D eigenvalue weighted by Crippen LogP contribution is 2.01. The van der Waals surface area contributed by atoms with Gasteiger partial charge in [0.25, 0.3) is 5.56 Å². The summed E-state index contributed by atoms with van der Waals surface area (Å²) in [4.78, 5) is 14.0. The van der Waals surface area contributed by atoms with Crippen LogP contribution in [0, 0.1) is 0 Å². The molecule has 0 aliphatic carbocycles. The molecule has 5 heteroatoms. The van der Waals surface area contributed by atoms with E-state index >= 15 is 0 Å². The summed E-state index contributed by atoms with van der Waals surface area (Å²) in [5, 5.41) is 0. The van der Waals surface area contributed by atoms with Crippen molar-refractivity contribution in [3.05, 3.63) is 34.7 Å². The Bertz CT molecular complexity index is 381. The van der Waals surface area contributed by atoms with Crippen molar-refractivity contribution in [3.8, 4) is 0 Å². The number of ether oxygens (including phenoxy) is 1. The van der Waals surface area contributed by atoms with Crippen LogP contribution in [0.3, 0.4) is 0 Å². The van der Waals surface area contributed by atoms with Crippen molar-refractivity contribution in [2.24, 2.45) is 0 Å². The maximum Gasteiger partial charge on any atom is 0.250 e. The Morgan fingerprint density at radius 2 is 2.29 bits per heavy atom. The lowest BCUT2D eigenvalue weighted by atomic mass is 10.4. The third kappa shape index (κ3) is 5.48. The van der Waals surface area contributed by atoms with Gasteiger partial charge in [-0.3, -0.25) is 4.79 Å². The zero-order valence-electron chi connectivity index (χ0n) is 10.3. The molecule has 0 aliphatic rings. The number of likely N-dealkylation sites (N-methyl/N-ethyl adjacent to an activating group) is 1. The van der Waals surface area contributed by atoms with Crippen molar-refractivity contribution in [3.63, 3.8) is 0 Å². The predicted octanol–water partition coefficient (Wildman–Crippen LogP) is 1.19. The smallest absolute Gasteiger partial charge is 0.250 e. The summed E-state index contributed by atoms with van der Waals surface area (Å²) in [6.45, 7) is 3.14. The fourth-order valence-electron chi connectivity index (χ4n) is 1.59. The topological polar surface area (TPSA) is 34.5 Å². The van der Waals surface area contributed by atoms with E-state index in [9.17, 15) is 4.79 Å². The van der Waals surface area contributed by atoms with Gasteiger partial charge in [-0.05, 0) is 13.1 Å². The Labute approximate surface area is 110 Å². The molecular formula is C12H19BrN2O2. The second kappa shape index (κ2) is 7.63. The number of methoxy groups -OCH3 is 1. The van der Waals surface area contributed by atoms with Crippen LogP contribution in [0.4, 0.5) is 0 Å². The fourth-order valence-corrected chi connectivity index (χ4v) is 2.35. The highest BCUT2D eigenvalue weighted by atomic mass is 79.9. The molecule has 1 atom stereocenters. The Kier molecular flexibility index (Phi) is 6.47. The molecule has 1 unspecified atom stereocenters. The van der Waals surface area contributed by atoms with Crippen molar-refractivity contribution in [1.82, 2.24) is 9.47 Å². The SMILES string of the molecule is COCC(Br)CN(C)CCn1ccccc1=O. The van der Waals surface area contributed by atoms with Gasteiger partial charge in [0, 0.05) is 39.0 Å². The molecule has 0 saturated heterocycles. The van der Waals surface area contributed by atoms with Crippen LogP contribution in [0.5, 0.6) is 0 Å². The zero-order valence-corrected chi connectivity index (χ0v) is 11.9. The Morgan fingerprint density at radius 1 is 1.53 bits per heavy atom. The van der Waals surface area contributed by atoms with Gasteiger partial charge in [0.2, 0.25) is 0 Å². The molecule has 0 bridgehead atoms. The first-order chi connectivity index (χ1) is 8.13. The van der Waals surface area contributed by atoms with Crippen LogP contribution in [0.1, 0.15) is 0 Å². The highest BCUT2D eigenvalue weighted by Gasteiger charge is 2.07. The first-order valence-electron chi connectivity index (χ1n) is 5.60. The van der Waals surface area contributed by atoms with E-state index < -0.39 is 0 Å². The lowest BCUT2D eigenvalue weighted by Crippen LogP contribution is -2.32. The van der Waals surface area contributed by atoms with Crippen molar-refractivity contribution in [2.75, 3.05) is 33.9 Å². The number of nitrogens with zero attached hydrogens (tertiary/aromatic N) is 2. The molecule has 0 N–H and O–H groups in total. The number of alkyl halides is 1. The van der Waals surface area contributed by atoms with Crippen molar-refractivity contribution in [2.45, 2.75) is 11.4 Å². The van der Waals surface area contributed by atoms with Gasteiger partial charge >= 0.3 is 0 Å². The Balaban J connectivity index is 2.36. The van der Waals surface area contributed by atoms with E-state index in [0.29, 0.717) is 18.0 Å². The van der Waals surface area contributed by atoms with Crippen LogP contribution in [0.25, 0.3) is 0 Å². The Morgan fingerprint density at radius 3 is 2.94 bits per heavy atom. The van der Waals surface area contributed by atoms with Crippen LogP contribution in [0.15, 0.2) is 29.2 Å². The van der Waals surface area contributed by atoms with Crippen molar-refractivity contribution in [1.29, 1.82) is 0 Å². The molecule has 1 heterocycles. The first-order valence-corrected chi connectivity index (χ1v) is 6.52. The number of hydrogen-bond acceptors (Lipinski definition) is 3. The summed E-state index contributed by atoms with van der Waals surface area (Å²) in [6.07, 6.45) is 1.82. The minimum atomic E-state index is 0.0492. The number of rotatable bonds is 7. The highest BCUT2D eigenvalue weighted by molar-refractivity contribution is 9.09. The normalized spacial score (nSPS) is 12.9. The van der Waals surface area contributed by atoms with E-state index in [4.69, 9.17) is 4.74 Å². The average molecular weight is 303 g/mol. The van der Waals surface area contributed by atoms with Gasteiger partial charge in [0.1, 0.15) is 0 Å². The van der Waals surface area contributed by atoms with E-state index in [1.54, 1.807) is 23.8 Å². The van der Waals surface area contributed by atoms with Crippen LogP contribution >= 0.6 is 15.9 Å². The van der Waals surface area contributed by atoms with Gasteiger partial charge < -0.3 is 14.2 Å². The summed E-state index contributed by atoms with van der Waals surface area (Å²) in [5.41, 5.74) is 0.0492. The van der Waals surface area contributed by atoms with Gasteiger partial charge in [0.05, 0.1) is 11.4 Å². The summed E-state index contributed by atoms with van der Waals surface area (Å²) >= 11 is 3.54. The second-order valence-corrected chi connectivity index (χ2v) is 5.34. The lowest BCUT2D eigenvalue weighted by molar-refractivity contribution is 0.185. The molecule has 4 nitrogen and oxygen atoms in total. The van der Waals surface area contributed by atoms with Gasteiger partial charge in [-0.15, -0.1) is 0 Å². The molecule has 0 amide bonds. The summed E-state index contributed by atoms with van der Waals surface area (Å²) in [7, 11) is 3.73. The van der Waals surface area contributed by atoms with Crippen LogP contribution in [-0.2, 0) is 11.3 Å². The predicted molar refractivity (Wildman–Crippen MR) is 72.8 cm³/mol. The van der Waals surface area contributed by atoms with E-state index in [2.05, 4.69) is 20.8 Å². The van der Waals surface area contributed by atoms with Gasteiger partial charge in [0.15, 0.2) is 0 Å². The lowest BCUT2D eigenvalue weighted by Gasteiger charge is -2.20. The van der Waals surface area contributed by atoms with Crippen molar-refractivity contribution >= 4 is 15.9 Å². The molecule has 1 aromatic heterocycles. The minimum Gasteiger partial charge on any atom is -0.383 e. The number of pyridine rings is 1. The summed E-state index contributed by atoms with van der Waals surface area (Å²) < 4.78 is 6.78. The molecule has 0 spiro atoms. The molecule has 17 heavy (non-hydrogen) atoms. The molecule has 1 aromatic rings. The first kappa shape index (κ1) is 14.4. The minimum absolute atomic E-state index is 0.0492. The molecule has 0 saturated carbocycles. The van der Waals surface area contributed by atoms with Gasteiger partial charge in [-0.25, -0.2) is 0 Å². The summed E-state index contributed by atoms with van der Waals surface area (Å²) in [6, 6.07) is 5.22. The third-order valence-corrected chi connectivity index (χ3v) is 3.03. The second-order valence-electron chi connectivity index (χ2n) is 4.05. The van der Waals surface area contributed by atoms with E-state index in [-0.39, 0.29) is 5.56 Å². The monoisotopic (exact) mass is 302 g/mol.